The molecule has 2 N–H and O–H groups in total. The van der Waals surface area contributed by atoms with E-state index in [1.165, 1.54) is 0 Å². The van der Waals surface area contributed by atoms with Gasteiger partial charge >= 0.3 is 0 Å². The minimum atomic E-state index is -3.56. The molecule has 1 aliphatic rings. The Hall–Kier alpha value is -2.41. The molecule has 0 saturated heterocycles. The van der Waals surface area contributed by atoms with Crippen molar-refractivity contribution in [2.45, 2.75) is 11.4 Å². The zero-order valence-electron chi connectivity index (χ0n) is 10.4. The molecule has 20 heavy (non-hydrogen) atoms. The van der Waals surface area contributed by atoms with Crippen molar-refractivity contribution in [2.75, 3.05) is 5.32 Å². The molecule has 0 amide bonds. The number of hydrogen-bond donors (Lipinski definition) is 2. The van der Waals surface area contributed by atoms with Crippen molar-refractivity contribution >= 4 is 21.7 Å². The molecule has 0 radical (unpaired) electrons. The predicted molar refractivity (Wildman–Crippen MR) is 75.8 cm³/mol. The summed E-state index contributed by atoms with van der Waals surface area (Å²) in [5.41, 5.74) is 1.28. The lowest BCUT2D eigenvalue weighted by Crippen LogP contribution is -2.40. The molecule has 2 heterocycles. The molecule has 7 heteroatoms. The molecule has 0 spiro atoms. The number of para-hydroxylation sites is 1. The molecule has 0 aliphatic carbocycles. The Kier molecular flexibility index (Phi) is 3.11. The minimum Gasteiger partial charge on any atom is -0.324 e. The maximum Gasteiger partial charge on any atom is 0.266 e. The summed E-state index contributed by atoms with van der Waals surface area (Å²) >= 11 is 0. The molecule has 2 aromatic rings. The van der Waals surface area contributed by atoms with Gasteiger partial charge in [0.05, 0.1) is 17.9 Å². The summed E-state index contributed by atoms with van der Waals surface area (Å²) in [6, 6.07) is 12.2. The van der Waals surface area contributed by atoms with Crippen LogP contribution in [0.25, 0.3) is 0 Å². The molecule has 1 aliphatic heterocycles. The fourth-order valence-electron chi connectivity index (χ4n) is 1.86. The lowest BCUT2D eigenvalue weighted by atomic mass is 10.3. The molecular formula is C13H12N4O2S. The van der Waals surface area contributed by atoms with E-state index in [4.69, 9.17) is 0 Å². The third-order valence-corrected chi connectivity index (χ3v) is 4.18. The van der Waals surface area contributed by atoms with Crippen LogP contribution in [0.5, 0.6) is 0 Å². The summed E-state index contributed by atoms with van der Waals surface area (Å²) in [6.45, 7) is 0.299. The quantitative estimate of drug-likeness (QED) is 0.873. The number of anilines is 1. The van der Waals surface area contributed by atoms with E-state index in [0.717, 1.165) is 5.69 Å². The van der Waals surface area contributed by atoms with E-state index in [-0.39, 0.29) is 10.9 Å². The Balaban J connectivity index is 1.88. The van der Waals surface area contributed by atoms with Gasteiger partial charge in [0, 0.05) is 6.20 Å². The first-order valence-electron chi connectivity index (χ1n) is 5.98. The number of nitrogens with one attached hydrogen (secondary N) is 2. The van der Waals surface area contributed by atoms with E-state index < -0.39 is 10.0 Å². The first kappa shape index (κ1) is 12.6. The number of pyridine rings is 1. The van der Waals surface area contributed by atoms with Crippen LogP contribution in [0.4, 0.5) is 5.69 Å². The van der Waals surface area contributed by atoms with E-state index in [2.05, 4.69) is 20.0 Å². The number of guanidine groups is 1. The molecule has 0 unspecified atom stereocenters. The van der Waals surface area contributed by atoms with Crippen LogP contribution in [-0.4, -0.2) is 19.4 Å². The van der Waals surface area contributed by atoms with Crippen molar-refractivity contribution in [3.63, 3.8) is 0 Å². The van der Waals surface area contributed by atoms with E-state index in [1.807, 2.05) is 18.2 Å². The number of benzene rings is 1. The van der Waals surface area contributed by atoms with E-state index in [1.54, 1.807) is 30.5 Å². The van der Waals surface area contributed by atoms with Gasteiger partial charge < -0.3 is 5.32 Å². The fourth-order valence-corrected chi connectivity index (χ4v) is 3.01. The summed E-state index contributed by atoms with van der Waals surface area (Å²) in [4.78, 5) is 8.55. The first-order valence-corrected chi connectivity index (χ1v) is 7.47. The third-order valence-electron chi connectivity index (χ3n) is 2.79. The highest BCUT2D eigenvalue weighted by molar-refractivity contribution is 7.90. The average molecular weight is 288 g/mol. The van der Waals surface area contributed by atoms with Gasteiger partial charge in [-0.25, -0.2) is 18.1 Å². The van der Waals surface area contributed by atoms with E-state index in [9.17, 15) is 8.42 Å². The lowest BCUT2D eigenvalue weighted by Gasteiger charge is -2.21. The van der Waals surface area contributed by atoms with Crippen LogP contribution in [0, 0.1) is 0 Å². The highest BCUT2D eigenvalue weighted by Crippen LogP contribution is 2.23. The number of sulfonamides is 1. The molecular weight excluding hydrogens is 276 g/mol. The number of aliphatic imine (C=N–C) groups is 1. The van der Waals surface area contributed by atoms with Gasteiger partial charge in [-0.3, -0.25) is 4.98 Å². The van der Waals surface area contributed by atoms with Crippen LogP contribution < -0.4 is 10.0 Å². The summed E-state index contributed by atoms with van der Waals surface area (Å²) in [5, 5.41) is 2.95. The second kappa shape index (κ2) is 4.93. The van der Waals surface area contributed by atoms with Gasteiger partial charge in [0.15, 0.2) is 0 Å². The Bertz CT molecular complexity index is 757. The second-order valence-corrected chi connectivity index (χ2v) is 5.86. The fraction of sp³-hybridized carbons (Fsp3) is 0.0769. The first-order chi connectivity index (χ1) is 9.65. The van der Waals surface area contributed by atoms with E-state index in [0.29, 0.717) is 12.2 Å². The summed E-state index contributed by atoms with van der Waals surface area (Å²) in [6.07, 6.45) is 1.67. The van der Waals surface area contributed by atoms with Gasteiger partial charge in [-0.2, -0.15) is 0 Å². The van der Waals surface area contributed by atoms with Crippen LogP contribution in [0.1, 0.15) is 5.69 Å². The molecule has 1 aromatic heterocycles. The summed E-state index contributed by atoms with van der Waals surface area (Å²) < 4.78 is 26.5. The van der Waals surface area contributed by atoms with Crippen molar-refractivity contribution in [1.29, 1.82) is 0 Å². The lowest BCUT2D eigenvalue weighted by molar-refractivity contribution is 0.591. The number of fused-ring (bicyclic) bond motifs is 1. The van der Waals surface area contributed by atoms with Crippen LogP contribution in [0.15, 0.2) is 58.5 Å². The normalized spacial score (nSPS) is 17.9. The van der Waals surface area contributed by atoms with Gasteiger partial charge in [-0.1, -0.05) is 18.2 Å². The number of aromatic nitrogens is 1. The summed E-state index contributed by atoms with van der Waals surface area (Å²) in [7, 11) is -3.56. The van der Waals surface area contributed by atoms with Crippen molar-refractivity contribution in [1.82, 2.24) is 9.71 Å². The zero-order valence-corrected chi connectivity index (χ0v) is 11.3. The molecule has 0 fully saturated rings. The predicted octanol–water partition coefficient (Wildman–Crippen LogP) is 1.34. The summed E-state index contributed by atoms with van der Waals surface area (Å²) in [5.74, 6) is 0.203. The van der Waals surface area contributed by atoms with Gasteiger partial charge in [0.2, 0.25) is 5.96 Å². The van der Waals surface area contributed by atoms with E-state index >= 15 is 0 Å². The van der Waals surface area contributed by atoms with Gasteiger partial charge in [-0.05, 0) is 24.3 Å². The molecule has 0 bridgehead atoms. The van der Waals surface area contributed by atoms with Crippen LogP contribution >= 0.6 is 0 Å². The molecule has 0 atom stereocenters. The van der Waals surface area contributed by atoms with Crippen molar-refractivity contribution in [2.24, 2.45) is 4.99 Å². The molecule has 1 aromatic carbocycles. The Morgan fingerprint density at radius 2 is 1.90 bits per heavy atom. The van der Waals surface area contributed by atoms with Crippen LogP contribution in [-0.2, 0) is 16.6 Å². The van der Waals surface area contributed by atoms with Gasteiger partial charge in [0.1, 0.15) is 4.90 Å². The van der Waals surface area contributed by atoms with Crippen LogP contribution in [0.2, 0.25) is 0 Å². The monoisotopic (exact) mass is 288 g/mol. The minimum absolute atomic E-state index is 0.203. The van der Waals surface area contributed by atoms with Gasteiger partial charge in [0.25, 0.3) is 10.0 Å². The average Bonchev–Trinajstić information content (AvgIpc) is 2.46. The molecule has 6 nitrogen and oxygen atoms in total. The van der Waals surface area contributed by atoms with Crippen LogP contribution in [0.3, 0.4) is 0 Å². The molecule has 102 valence electrons. The Labute approximate surface area is 116 Å². The highest BCUT2D eigenvalue weighted by atomic mass is 32.2. The Morgan fingerprint density at radius 1 is 1.10 bits per heavy atom. The third kappa shape index (κ3) is 2.48. The molecule has 3 rings (SSSR count). The largest absolute Gasteiger partial charge is 0.324 e. The number of nitrogens with zero attached hydrogens (tertiary/aromatic N) is 2. The van der Waals surface area contributed by atoms with Crippen molar-refractivity contribution in [3.8, 4) is 0 Å². The number of hydrogen-bond acceptors (Lipinski definition) is 4. The zero-order chi connectivity index (χ0) is 14.0. The Morgan fingerprint density at radius 3 is 2.70 bits per heavy atom. The smallest absolute Gasteiger partial charge is 0.266 e. The standard InChI is InChI=1S/C13H12N4O2S/c18-20(19)12-7-2-1-6-11(12)16-13(17-20)15-9-10-5-3-4-8-14-10/h1-8H,9H2,(H2,15,16,17). The number of rotatable bonds is 2. The SMILES string of the molecule is O=S1(=O)NC(=NCc2ccccn2)Nc2ccccc21. The van der Waals surface area contributed by atoms with Gasteiger partial charge in [-0.15, -0.1) is 0 Å². The molecule has 0 saturated carbocycles. The van der Waals surface area contributed by atoms with Crippen molar-refractivity contribution in [3.05, 3.63) is 54.4 Å². The maximum atomic E-state index is 12.0. The highest BCUT2D eigenvalue weighted by Gasteiger charge is 2.25. The van der Waals surface area contributed by atoms with Crippen molar-refractivity contribution < 1.29 is 8.42 Å². The maximum absolute atomic E-state index is 12.0. The second-order valence-electron chi connectivity index (χ2n) is 4.21. The topological polar surface area (TPSA) is 83.5 Å².